The van der Waals surface area contributed by atoms with Gasteiger partial charge in [0.15, 0.2) is 17.3 Å². The van der Waals surface area contributed by atoms with Gasteiger partial charge in [-0.05, 0) is 51.4 Å². The van der Waals surface area contributed by atoms with Gasteiger partial charge < -0.3 is 21.5 Å². The molecule has 2 heterocycles. The lowest BCUT2D eigenvalue weighted by Gasteiger charge is -2.35. The molecule has 1 amide bonds. The minimum absolute atomic E-state index is 0.0172. The molecule has 2 aliphatic carbocycles. The van der Waals surface area contributed by atoms with Crippen molar-refractivity contribution in [2.24, 2.45) is 11.1 Å². The number of nitrogens with zero attached hydrogens (tertiary/aromatic N) is 4. The van der Waals surface area contributed by atoms with Crippen LogP contribution < -0.4 is 16.4 Å². The summed E-state index contributed by atoms with van der Waals surface area (Å²) in [5.41, 5.74) is 5.31. The van der Waals surface area contributed by atoms with Crippen LogP contribution in [-0.4, -0.2) is 42.7 Å². The van der Waals surface area contributed by atoms with E-state index in [4.69, 9.17) is 5.73 Å². The summed E-state index contributed by atoms with van der Waals surface area (Å²) in [4.78, 5) is 25.5. The van der Waals surface area contributed by atoms with Gasteiger partial charge >= 0.3 is 0 Å². The van der Waals surface area contributed by atoms with E-state index in [1.54, 1.807) is 4.57 Å². The van der Waals surface area contributed by atoms with E-state index in [2.05, 4.69) is 25.6 Å². The molecular weight excluding hydrogens is 487 g/mol. The molecule has 3 aromatic rings. The fourth-order valence-electron chi connectivity index (χ4n) is 5.39. The molecule has 0 unspecified atom stereocenters. The molecular formula is C25H30F3N7O2. The minimum atomic E-state index is -1.09. The number of primary amides is 1. The number of halogens is 3. The Labute approximate surface area is 211 Å². The van der Waals surface area contributed by atoms with Gasteiger partial charge in [0.2, 0.25) is 17.8 Å². The van der Waals surface area contributed by atoms with Crippen molar-refractivity contribution in [1.29, 1.82) is 0 Å². The van der Waals surface area contributed by atoms with Crippen molar-refractivity contribution in [2.45, 2.75) is 76.5 Å². The molecule has 198 valence electrons. The van der Waals surface area contributed by atoms with E-state index in [0.717, 1.165) is 19.3 Å². The highest BCUT2D eigenvalue weighted by Crippen LogP contribution is 2.43. The summed E-state index contributed by atoms with van der Waals surface area (Å²) < 4.78 is 44.2. The first-order valence-corrected chi connectivity index (χ1v) is 12.5. The summed E-state index contributed by atoms with van der Waals surface area (Å²) in [7, 11) is 0. The SMILES string of the molecule is C[C@]1(C(N)=O)CC[C@H](n2c(Nc3c(F)cc(F)cc3F)nc3cnc(N[C@H]4CCC[C@@H](O)C4)nc32)CC1. The van der Waals surface area contributed by atoms with Gasteiger partial charge in [0.25, 0.3) is 0 Å². The number of carbonyl (C=O) groups is 1. The lowest BCUT2D eigenvalue weighted by molar-refractivity contribution is -0.128. The molecule has 2 aromatic heterocycles. The van der Waals surface area contributed by atoms with Crippen LogP contribution in [-0.2, 0) is 4.79 Å². The summed E-state index contributed by atoms with van der Waals surface area (Å²) in [6, 6.07) is 1.02. The maximum Gasteiger partial charge on any atom is 0.224 e. The third-order valence-corrected chi connectivity index (χ3v) is 7.67. The number of benzene rings is 1. The Kier molecular flexibility index (Phi) is 6.69. The van der Waals surface area contributed by atoms with Crippen LogP contribution in [0.5, 0.6) is 0 Å². The minimum Gasteiger partial charge on any atom is -0.393 e. The number of aliphatic hydroxyl groups is 1. The second kappa shape index (κ2) is 9.81. The number of carbonyl (C=O) groups excluding carboxylic acids is 1. The quantitative estimate of drug-likeness (QED) is 0.383. The Morgan fingerprint density at radius 1 is 1.14 bits per heavy atom. The zero-order valence-corrected chi connectivity index (χ0v) is 20.5. The fraction of sp³-hybridized carbons (Fsp3) is 0.520. The molecule has 0 aliphatic heterocycles. The van der Waals surface area contributed by atoms with Gasteiger partial charge in [0.05, 0.1) is 12.3 Å². The molecule has 2 saturated carbocycles. The van der Waals surface area contributed by atoms with Gasteiger partial charge in [0, 0.05) is 29.6 Å². The van der Waals surface area contributed by atoms with Crippen LogP contribution in [0, 0.1) is 22.9 Å². The first kappa shape index (κ1) is 25.2. The Hall–Kier alpha value is -3.41. The van der Waals surface area contributed by atoms with Crippen molar-refractivity contribution >= 4 is 34.7 Å². The molecule has 0 bridgehead atoms. The molecule has 37 heavy (non-hydrogen) atoms. The number of aromatic nitrogens is 4. The molecule has 0 saturated heterocycles. The molecule has 9 nitrogen and oxygen atoms in total. The van der Waals surface area contributed by atoms with Gasteiger partial charge in [-0.25, -0.2) is 23.1 Å². The van der Waals surface area contributed by atoms with Crippen molar-refractivity contribution in [1.82, 2.24) is 19.5 Å². The highest BCUT2D eigenvalue weighted by molar-refractivity contribution is 5.80. The van der Waals surface area contributed by atoms with Crippen LogP contribution in [0.2, 0.25) is 0 Å². The topological polar surface area (TPSA) is 131 Å². The first-order valence-electron chi connectivity index (χ1n) is 12.5. The van der Waals surface area contributed by atoms with Gasteiger partial charge in [-0.15, -0.1) is 0 Å². The average Bonchev–Trinajstić information content (AvgIpc) is 3.19. The monoisotopic (exact) mass is 517 g/mol. The number of fused-ring (bicyclic) bond motifs is 1. The van der Waals surface area contributed by atoms with Crippen molar-refractivity contribution in [3.05, 3.63) is 35.8 Å². The highest BCUT2D eigenvalue weighted by Gasteiger charge is 2.38. The van der Waals surface area contributed by atoms with E-state index >= 15 is 0 Å². The summed E-state index contributed by atoms with van der Waals surface area (Å²) in [5.74, 6) is -3.08. The van der Waals surface area contributed by atoms with E-state index in [9.17, 15) is 23.1 Å². The Morgan fingerprint density at radius 2 is 1.84 bits per heavy atom. The largest absolute Gasteiger partial charge is 0.393 e. The highest BCUT2D eigenvalue weighted by atomic mass is 19.1. The molecule has 5 rings (SSSR count). The molecule has 2 aliphatic rings. The standard InChI is InChI=1S/C25H30F3N7O2/c1-25(22(29)37)7-5-15(6-8-25)35-21-19(12-30-23(34-21)31-14-3-2-4-16(36)11-14)32-24(35)33-20-17(27)9-13(26)10-18(20)28/h9-10,12,14-16,36H,2-8,11H2,1H3,(H2,29,37)(H,32,33)(H,30,31,34)/t14-,15-,16+,25-/m0/s1. The number of rotatable bonds is 6. The molecule has 5 N–H and O–H groups in total. The van der Waals surface area contributed by atoms with E-state index in [0.29, 0.717) is 61.3 Å². The predicted molar refractivity (Wildman–Crippen MR) is 132 cm³/mol. The van der Waals surface area contributed by atoms with Crippen LogP contribution in [0.25, 0.3) is 11.2 Å². The molecule has 0 spiro atoms. The van der Waals surface area contributed by atoms with Crippen LogP contribution in [0.1, 0.15) is 64.3 Å². The van der Waals surface area contributed by atoms with Crippen LogP contribution in [0.3, 0.4) is 0 Å². The summed E-state index contributed by atoms with van der Waals surface area (Å²) >= 11 is 0. The lowest BCUT2D eigenvalue weighted by atomic mass is 9.73. The van der Waals surface area contributed by atoms with Gasteiger partial charge in [0.1, 0.15) is 17.0 Å². The third kappa shape index (κ3) is 5.07. The summed E-state index contributed by atoms with van der Waals surface area (Å²) in [6.07, 6.45) is 6.46. The Balaban J connectivity index is 1.52. The Bertz CT molecular complexity index is 1300. The van der Waals surface area contributed by atoms with Gasteiger partial charge in [-0.1, -0.05) is 6.92 Å². The number of anilines is 3. The van der Waals surface area contributed by atoms with E-state index in [-0.39, 0.29) is 30.0 Å². The average molecular weight is 518 g/mol. The predicted octanol–water partition coefficient (Wildman–Crippen LogP) is 4.31. The van der Waals surface area contributed by atoms with Crippen LogP contribution in [0.15, 0.2) is 18.3 Å². The number of amides is 1. The van der Waals surface area contributed by atoms with E-state index in [1.165, 1.54) is 6.20 Å². The van der Waals surface area contributed by atoms with E-state index in [1.807, 2.05) is 6.92 Å². The summed E-state index contributed by atoms with van der Waals surface area (Å²) in [5, 5.41) is 16.0. The van der Waals surface area contributed by atoms with Gasteiger partial charge in [-0.3, -0.25) is 9.36 Å². The van der Waals surface area contributed by atoms with Gasteiger partial charge in [-0.2, -0.15) is 4.98 Å². The molecule has 1 aromatic carbocycles. The lowest BCUT2D eigenvalue weighted by Crippen LogP contribution is -2.38. The number of hydrogen-bond acceptors (Lipinski definition) is 7. The number of aliphatic hydroxyl groups excluding tert-OH is 1. The zero-order valence-electron chi connectivity index (χ0n) is 20.5. The summed E-state index contributed by atoms with van der Waals surface area (Å²) in [6.45, 7) is 1.84. The molecule has 12 heteroatoms. The fourth-order valence-corrected chi connectivity index (χ4v) is 5.39. The number of nitrogens with one attached hydrogen (secondary N) is 2. The van der Waals surface area contributed by atoms with Crippen molar-refractivity contribution < 1.29 is 23.1 Å². The van der Waals surface area contributed by atoms with Crippen LogP contribution >= 0.6 is 0 Å². The number of nitrogens with two attached hydrogens (primary N) is 1. The normalized spacial score (nSPS) is 26.2. The maximum absolute atomic E-state index is 14.5. The number of imidazole rings is 1. The van der Waals surface area contributed by atoms with E-state index < -0.39 is 28.6 Å². The van der Waals surface area contributed by atoms with Crippen molar-refractivity contribution in [2.75, 3.05) is 10.6 Å². The third-order valence-electron chi connectivity index (χ3n) is 7.67. The molecule has 2 fully saturated rings. The van der Waals surface area contributed by atoms with Crippen molar-refractivity contribution in [3.63, 3.8) is 0 Å². The zero-order chi connectivity index (χ0) is 26.3. The molecule has 0 radical (unpaired) electrons. The second-order valence-electron chi connectivity index (χ2n) is 10.4. The maximum atomic E-state index is 14.5. The Morgan fingerprint density at radius 3 is 2.49 bits per heavy atom. The molecule has 2 atom stereocenters. The smallest absolute Gasteiger partial charge is 0.224 e. The van der Waals surface area contributed by atoms with Crippen LogP contribution in [0.4, 0.5) is 30.8 Å². The van der Waals surface area contributed by atoms with Crippen molar-refractivity contribution in [3.8, 4) is 0 Å². The first-order chi connectivity index (χ1) is 17.6. The number of hydrogen-bond donors (Lipinski definition) is 4. The second-order valence-corrected chi connectivity index (χ2v) is 10.4.